The van der Waals surface area contributed by atoms with E-state index in [4.69, 9.17) is 5.14 Å². The maximum Gasteiger partial charge on any atom is 0.325 e. The number of hydrogen-bond acceptors (Lipinski definition) is 5. The molecular formula is C11H17N3O5S. The van der Waals surface area contributed by atoms with Crippen molar-refractivity contribution in [1.29, 1.82) is 0 Å². The molecule has 1 aromatic rings. The van der Waals surface area contributed by atoms with Crippen LogP contribution in [0.5, 0.6) is 0 Å². The number of rotatable bonds is 5. The number of carbonyl (C=O) groups excluding carboxylic acids is 2. The highest BCUT2D eigenvalue weighted by Crippen LogP contribution is 2.14. The van der Waals surface area contributed by atoms with Crippen molar-refractivity contribution in [3.63, 3.8) is 0 Å². The van der Waals surface area contributed by atoms with Gasteiger partial charge in [0.05, 0.1) is 7.11 Å². The van der Waals surface area contributed by atoms with E-state index in [0.717, 1.165) is 0 Å². The van der Waals surface area contributed by atoms with E-state index in [2.05, 4.69) is 4.74 Å². The van der Waals surface area contributed by atoms with Crippen molar-refractivity contribution in [2.24, 2.45) is 12.2 Å². The first kappa shape index (κ1) is 16.2. The fraction of sp³-hybridized carbons (Fsp3) is 0.455. The van der Waals surface area contributed by atoms with Crippen LogP contribution < -0.4 is 5.14 Å². The predicted molar refractivity (Wildman–Crippen MR) is 70.4 cm³/mol. The highest BCUT2D eigenvalue weighted by atomic mass is 32.2. The summed E-state index contributed by atoms with van der Waals surface area (Å²) >= 11 is 0. The van der Waals surface area contributed by atoms with Gasteiger partial charge in [-0.15, -0.1) is 0 Å². The molecule has 1 heterocycles. The summed E-state index contributed by atoms with van der Waals surface area (Å²) in [5.74, 6) is -1.03. The fourth-order valence-corrected chi connectivity index (χ4v) is 2.19. The first-order valence-corrected chi connectivity index (χ1v) is 7.30. The molecule has 0 spiro atoms. The maximum absolute atomic E-state index is 12.3. The number of aryl methyl sites for hydroxylation is 1. The van der Waals surface area contributed by atoms with Crippen LogP contribution in [0.25, 0.3) is 0 Å². The number of esters is 1. The van der Waals surface area contributed by atoms with E-state index in [1.54, 1.807) is 6.92 Å². The number of sulfonamides is 1. The van der Waals surface area contributed by atoms with Crippen LogP contribution in [0.4, 0.5) is 0 Å². The molecule has 0 saturated carbocycles. The van der Waals surface area contributed by atoms with E-state index in [0.29, 0.717) is 0 Å². The van der Waals surface area contributed by atoms with Gasteiger partial charge < -0.3 is 14.2 Å². The van der Waals surface area contributed by atoms with Gasteiger partial charge in [0.1, 0.15) is 17.1 Å². The van der Waals surface area contributed by atoms with E-state index in [1.165, 1.54) is 35.9 Å². The third-order valence-electron chi connectivity index (χ3n) is 2.74. The number of aromatic nitrogens is 1. The summed E-state index contributed by atoms with van der Waals surface area (Å²) in [5, 5.41) is 5.01. The lowest BCUT2D eigenvalue weighted by atomic mass is 10.3. The van der Waals surface area contributed by atoms with Gasteiger partial charge in [-0.1, -0.05) is 0 Å². The number of primary sulfonamides is 1. The quantitative estimate of drug-likeness (QED) is 0.723. The average molecular weight is 303 g/mol. The second kappa shape index (κ2) is 6.06. The van der Waals surface area contributed by atoms with Gasteiger partial charge in [-0.05, 0) is 13.0 Å². The minimum Gasteiger partial charge on any atom is -0.468 e. The van der Waals surface area contributed by atoms with E-state index >= 15 is 0 Å². The molecule has 0 fully saturated rings. The van der Waals surface area contributed by atoms with Crippen molar-refractivity contribution < 1.29 is 22.7 Å². The second-order valence-corrected chi connectivity index (χ2v) is 5.67. The van der Waals surface area contributed by atoms with E-state index < -0.39 is 21.9 Å². The number of hydrogen-bond donors (Lipinski definition) is 1. The Morgan fingerprint density at radius 2 is 2.05 bits per heavy atom. The van der Waals surface area contributed by atoms with Gasteiger partial charge in [0.25, 0.3) is 5.91 Å². The minimum absolute atomic E-state index is 0.125. The molecule has 2 N–H and O–H groups in total. The zero-order valence-electron chi connectivity index (χ0n) is 11.5. The molecule has 0 aliphatic heterocycles. The van der Waals surface area contributed by atoms with Crippen molar-refractivity contribution in [2.45, 2.75) is 11.8 Å². The standard InChI is InChI=1S/C11H17N3O5S/c1-4-14(7-10(15)19-3)11(16)9-5-8(6-13(9)2)20(12,17)18/h5-6H,4,7H2,1-3H3,(H2,12,17,18). The van der Waals surface area contributed by atoms with Crippen molar-refractivity contribution in [1.82, 2.24) is 9.47 Å². The molecule has 1 aromatic heterocycles. The molecule has 1 amide bonds. The summed E-state index contributed by atoms with van der Waals surface area (Å²) in [6.45, 7) is 1.77. The minimum atomic E-state index is -3.88. The first-order chi connectivity index (χ1) is 9.20. The van der Waals surface area contributed by atoms with Gasteiger partial charge in [0.2, 0.25) is 10.0 Å². The molecule has 8 nitrogen and oxygen atoms in total. The molecule has 0 aromatic carbocycles. The van der Waals surface area contributed by atoms with E-state index in [-0.39, 0.29) is 23.7 Å². The Morgan fingerprint density at radius 3 is 2.45 bits per heavy atom. The molecule has 0 radical (unpaired) electrons. The van der Waals surface area contributed by atoms with Gasteiger partial charge in [-0.3, -0.25) is 9.59 Å². The van der Waals surface area contributed by atoms with E-state index in [1.807, 2.05) is 0 Å². The van der Waals surface area contributed by atoms with Crippen molar-refractivity contribution in [3.8, 4) is 0 Å². The monoisotopic (exact) mass is 303 g/mol. The zero-order chi connectivity index (χ0) is 15.5. The molecule has 112 valence electrons. The fourth-order valence-electron chi connectivity index (χ4n) is 1.61. The molecule has 0 aliphatic rings. The van der Waals surface area contributed by atoms with Crippen LogP contribution in [-0.4, -0.2) is 50.0 Å². The molecule has 0 bridgehead atoms. The lowest BCUT2D eigenvalue weighted by Crippen LogP contribution is -2.36. The number of carbonyl (C=O) groups is 2. The van der Waals surface area contributed by atoms with Crippen molar-refractivity contribution in [2.75, 3.05) is 20.2 Å². The number of methoxy groups -OCH3 is 1. The molecule has 0 saturated heterocycles. The van der Waals surface area contributed by atoms with Crippen LogP contribution in [0.2, 0.25) is 0 Å². The van der Waals surface area contributed by atoms with Gasteiger partial charge in [0, 0.05) is 19.8 Å². The Hall–Kier alpha value is -1.87. The number of amides is 1. The number of nitrogens with two attached hydrogens (primary N) is 1. The molecular weight excluding hydrogens is 286 g/mol. The Labute approximate surface area is 117 Å². The smallest absolute Gasteiger partial charge is 0.325 e. The molecule has 0 aliphatic carbocycles. The molecule has 0 atom stereocenters. The zero-order valence-corrected chi connectivity index (χ0v) is 12.3. The summed E-state index contributed by atoms with van der Waals surface area (Å²) < 4.78 is 28.4. The summed E-state index contributed by atoms with van der Waals surface area (Å²) in [6.07, 6.45) is 1.24. The molecule has 9 heteroatoms. The Kier molecular flexibility index (Phi) is 4.90. The van der Waals surface area contributed by atoms with Crippen LogP contribution in [0.15, 0.2) is 17.2 Å². The number of ether oxygens (including phenoxy) is 1. The molecule has 20 heavy (non-hydrogen) atoms. The van der Waals surface area contributed by atoms with E-state index in [9.17, 15) is 18.0 Å². The number of likely N-dealkylation sites (N-methyl/N-ethyl adjacent to an activating group) is 1. The Morgan fingerprint density at radius 1 is 1.45 bits per heavy atom. The van der Waals surface area contributed by atoms with Crippen molar-refractivity contribution >= 4 is 21.9 Å². The topological polar surface area (TPSA) is 112 Å². The Bertz CT molecular complexity index is 620. The number of nitrogens with zero attached hydrogens (tertiary/aromatic N) is 2. The third kappa shape index (κ3) is 3.58. The SMILES string of the molecule is CCN(CC(=O)OC)C(=O)c1cc(S(N)(=O)=O)cn1C. The van der Waals surface area contributed by atoms with Crippen LogP contribution in [0.3, 0.4) is 0 Å². The molecule has 0 unspecified atom stereocenters. The normalized spacial score (nSPS) is 11.2. The summed E-state index contributed by atoms with van der Waals surface area (Å²) in [5.41, 5.74) is 0.125. The van der Waals surface area contributed by atoms with Crippen LogP contribution in [-0.2, 0) is 26.6 Å². The van der Waals surface area contributed by atoms with Gasteiger partial charge in [-0.25, -0.2) is 13.6 Å². The lowest BCUT2D eigenvalue weighted by molar-refractivity contribution is -0.141. The highest BCUT2D eigenvalue weighted by Gasteiger charge is 2.23. The van der Waals surface area contributed by atoms with Gasteiger partial charge >= 0.3 is 5.97 Å². The maximum atomic E-state index is 12.3. The lowest BCUT2D eigenvalue weighted by Gasteiger charge is -2.19. The molecule has 1 rings (SSSR count). The van der Waals surface area contributed by atoms with Crippen molar-refractivity contribution in [3.05, 3.63) is 18.0 Å². The largest absolute Gasteiger partial charge is 0.468 e. The van der Waals surface area contributed by atoms with Gasteiger partial charge in [0.15, 0.2) is 0 Å². The van der Waals surface area contributed by atoms with Crippen LogP contribution in [0, 0.1) is 0 Å². The van der Waals surface area contributed by atoms with Crippen LogP contribution >= 0.6 is 0 Å². The second-order valence-electron chi connectivity index (χ2n) is 4.11. The Balaban J connectivity index is 3.07. The van der Waals surface area contributed by atoms with Crippen LogP contribution in [0.1, 0.15) is 17.4 Å². The summed E-state index contributed by atoms with van der Waals surface area (Å²) in [4.78, 5) is 24.6. The van der Waals surface area contributed by atoms with Gasteiger partial charge in [-0.2, -0.15) is 0 Å². The average Bonchev–Trinajstić information content (AvgIpc) is 2.76. The first-order valence-electron chi connectivity index (χ1n) is 5.76. The predicted octanol–water partition coefficient (Wildman–Crippen LogP) is -0.692. The summed E-state index contributed by atoms with van der Waals surface area (Å²) in [7, 11) is -1.14. The highest BCUT2D eigenvalue weighted by molar-refractivity contribution is 7.89. The summed E-state index contributed by atoms with van der Waals surface area (Å²) in [6, 6.07) is 1.18. The third-order valence-corrected chi connectivity index (χ3v) is 3.62.